The molecule has 0 amide bonds. The summed E-state index contributed by atoms with van der Waals surface area (Å²) in [5.74, 6) is 0. The Morgan fingerprint density at radius 2 is 1.76 bits per heavy atom. The predicted molar refractivity (Wildman–Crippen MR) is 76.9 cm³/mol. The summed E-state index contributed by atoms with van der Waals surface area (Å²) in [6, 6.07) is 2.60. The first-order chi connectivity index (χ1) is 8.83. The third kappa shape index (κ3) is 5.82. The van der Waals surface area contributed by atoms with E-state index in [1.54, 1.807) is 13.8 Å². The van der Waals surface area contributed by atoms with E-state index in [2.05, 4.69) is 4.72 Å². The number of nitrogens with two attached hydrogens (primary N) is 1. The van der Waals surface area contributed by atoms with Crippen LogP contribution in [0.25, 0.3) is 0 Å². The Kier molecular flexibility index (Phi) is 6.26. The first kappa shape index (κ1) is 20.2. The van der Waals surface area contributed by atoms with Crippen LogP contribution in [0.5, 0.6) is 0 Å². The highest BCUT2D eigenvalue weighted by atomic mass is 35.5. The quantitative estimate of drug-likeness (QED) is 0.879. The van der Waals surface area contributed by atoms with Gasteiger partial charge in [0.2, 0.25) is 10.0 Å². The van der Waals surface area contributed by atoms with Gasteiger partial charge in [-0.05, 0) is 38.5 Å². The van der Waals surface area contributed by atoms with Crippen LogP contribution in [0.2, 0.25) is 0 Å². The monoisotopic (exact) mass is 346 g/mol. The van der Waals surface area contributed by atoms with E-state index < -0.39 is 32.2 Å². The molecule has 0 aromatic heterocycles. The fourth-order valence-electron chi connectivity index (χ4n) is 1.42. The second-order valence-electron chi connectivity index (χ2n) is 5.29. The molecule has 0 bridgehead atoms. The fraction of sp³-hybridized carbons (Fsp3) is 0.500. The number of hydrogen-bond donors (Lipinski definition) is 2. The Bertz CT molecular complexity index is 596. The van der Waals surface area contributed by atoms with Crippen LogP contribution in [0, 0.1) is 6.92 Å². The number of nitrogens with one attached hydrogen (secondary N) is 1. The molecule has 0 aliphatic heterocycles. The van der Waals surface area contributed by atoms with Gasteiger partial charge in [0.25, 0.3) is 0 Å². The Hall–Kier alpha value is -0.830. The highest BCUT2D eigenvalue weighted by molar-refractivity contribution is 7.89. The minimum Gasteiger partial charge on any atom is -0.324 e. The molecule has 3 N–H and O–H groups in total. The number of hydrogen-bond acceptors (Lipinski definition) is 3. The molecule has 0 saturated heterocycles. The molecule has 0 unspecified atom stereocenters. The number of sulfonamides is 1. The number of halogens is 4. The summed E-state index contributed by atoms with van der Waals surface area (Å²) in [6.07, 6.45) is -4.59. The van der Waals surface area contributed by atoms with Gasteiger partial charge >= 0.3 is 6.18 Å². The Morgan fingerprint density at radius 1 is 1.24 bits per heavy atom. The fourth-order valence-corrected chi connectivity index (χ4v) is 2.92. The van der Waals surface area contributed by atoms with E-state index in [-0.39, 0.29) is 24.5 Å². The van der Waals surface area contributed by atoms with Gasteiger partial charge in [0, 0.05) is 12.1 Å². The highest BCUT2D eigenvalue weighted by Gasteiger charge is 2.32. The van der Waals surface area contributed by atoms with Gasteiger partial charge in [-0.1, -0.05) is 6.07 Å². The van der Waals surface area contributed by atoms with E-state index in [1.165, 1.54) is 6.92 Å². The molecule has 0 heterocycles. The van der Waals surface area contributed by atoms with Crippen LogP contribution >= 0.6 is 12.4 Å². The molecule has 122 valence electrons. The molecule has 1 aromatic carbocycles. The number of benzene rings is 1. The number of aryl methyl sites for hydroxylation is 1. The van der Waals surface area contributed by atoms with Gasteiger partial charge in [0.1, 0.15) is 0 Å². The summed E-state index contributed by atoms with van der Waals surface area (Å²) in [6.45, 7) is 4.57. The van der Waals surface area contributed by atoms with E-state index in [1.807, 2.05) is 0 Å². The third-order valence-electron chi connectivity index (χ3n) is 2.52. The van der Waals surface area contributed by atoms with Crippen molar-refractivity contribution in [1.82, 2.24) is 4.72 Å². The van der Waals surface area contributed by atoms with Crippen molar-refractivity contribution >= 4 is 22.4 Å². The van der Waals surface area contributed by atoms with Crippen LogP contribution in [0.15, 0.2) is 23.1 Å². The molecule has 9 heteroatoms. The maximum atomic E-state index is 12.6. The van der Waals surface area contributed by atoms with Gasteiger partial charge in [0.15, 0.2) is 0 Å². The van der Waals surface area contributed by atoms with Crippen molar-refractivity contribution in [3.63, 3.8) is 0 Å². The van der Waals surface area contributed by atoms with E-state index in [0.29, 0.717) is 6.07 Å². The molecule has 0 aliphatic rings. The second-order valence-corrected chi connectivity index (χ2v) is 7.03. The lowest BCUT2D eigenvalue weighted by Gasteiger charge is -2.20. The van der Waals surface area contributed by atoms with Gasteiger partial charge in [-0.15, -0.1) is 12.4 Å². The summed E-state index contributed by atoms with van der Waals surface area (Å²) in [7, 11) is -4.04. The summed E-state index contributed by atoms with van der Waals surface area (Å²) >= 11 is 0. The standard InChI is InChI=1S/C12H17F3N2O2S.ClH/c1-8-4-5-9(12(13,14)15)6-10(8)20(18,19)17-7-11(2,3)16;/h4-6,17H,7,16H2,1-3H3;1H. The minimum atomic E-state index is -4.59. The molecule has 1 rings (SSSR count). The lowest BCUT2D eigenvalue weighted by molar-refractivity contribution is -0.137. The van der Waals surface area contributed by atoms with Crippen molar-refractivity contribution in [1.29, 1.82) is 0 Å². The van der Waals surface area contributed by atoms with E-state index in [0.717, 1.165) is 12.1 Å². The molecule has 21 heavy (non-hydrogen) atoms. The maximum Gasteiger partial charge on any atom is 0.416 e. The molecule has 0 spiro atoms. The molecule has 0 fully saturated rings. The van der Waals surface area contributed by atoms with E-state index >= 15 is 0 Å². The van der Waals surface area contributed by atoms with Gasteiger partial charge < -0.3 is 5.73 Å². The van der Waals surface area contributed by atoms with Crippen LogP contribution in [0.3, 0.4) is 0 Å². The second kappa shape index (κ2) is 6.51. The maximum absolute atomic E-state index is 12.6. The Morgan fingerprint density at radius 3 is 2.19 bits per heavy atom. The third-order valence-corrected chi connectivity index (χ3v) is 4.07. The summed E-state index contributed by atoms with van der Waals surface area (Å²) in [5, 5.41) is 0. The van der Waals surface area contributed by atoms with Gasteiger partial charge in [-0.2, -0.15) is 13.2 Å². The normalized spacial score (nSPS) is 12.9. The van der Waals surface area contributed by atoms with Crippen molar-refractivity contribution in [2.75, 3.05) is 6.54 Å². The van der Waals surface area contributed by atoms with Crippen molar-refractivity contribution in [2.45, 2.75) is 37.4 Å². The number of rotatable bonds is 4. The predicted octanol–water partition coefficient (Wildman–Crippen LogP) is 2.45. The van der Waals surface area contributed by atoms with Crippen molar-refractivity contribution in [3.05, 3.63) is 29.3 Å². The van der Waals surface area contributed by atoms with Crippen LogP contribution in [-0.2, 0) is 16.2 Å². The first-order valence-corrected chi connectivity index (χ1v) is 7.28. The summed E-state index contributed by atoms with van der Waals surface area (Å²) in [4.78, 5) is -0.392. The van der Waals surface area contributed by atoms with Gasteiger partial charge in [-0.3, -0.25) is 0 Å². The molecule has 4 nitrogen and oxygen atoms in total. The lowest BCUT2D eigenvalue weighted by Crippen LogP contribution is -2.45. The molecule has 0 saturated carbocycles. The van der Waals surface area contributed by atoms with Crippen molar-refractivity contribution < 1.29 is 21.6 Å². The summed E-state index contributed by atoms with van der Waals surface area (Å²) < 4.78 is 64.2. The highest BCUT2D eigenvalue weighted by Crippen LogP contribution is 2.31. The molecular formula is C12H18ClF3N2O2S. The SMILES string of the molecule is Cc1ccc(C(F)(F)F)cc1S(=O)(=O)NCC(C)(C)N.Cl. The van der Waals surface area contributed by atoms with Crippen molar-refractivity contribution in [3.8, 4) is 0 Å². The van der Waals surface area contributed by atoms with E-state index in [9.17, 15) is 21.6 Å². The lowest BCUT2D eigenvalue weighted by atomic mass is 10.1. The zero-order valence-electron chi connectivity index (χ0n) is 11.8. The Labute approximate surface area is 128 Å². The largest absolute Gasteiger partial charge is 0.416 e. The van der Waals surface area contributed by atoms with E-state index in [4.69, 9.17) is 5.73 Å². The minimum absolute atomic E-state index is 0. The van der Waals surface area contributed by atoms with Crippen molar-refractivity contribution in [2.24, 2.45) is 5.73 Å². The van der Waals surface area contributed by atoms with Crippen LogP contribution in [0.4, 0.5) is 13.2 Å². The topological polar surface area (TPSA) is 72.2 Å². The number of alkyl halides is 3. The average molecular weight is 347 g/mol. The molecule has 0 atom stereocenters. The van der Waals surface area contributed by atoms with Gasteiger partial charge in [0.05, 0.1) is 10.5 Å². The first-order valence-electron chi connectivity index (χ1n) is 5.79. The van der Waals surface area contributed by atoms with Crippen LogP contribution in [0.1, 0.15) is 25.0 Å². The zero-order valence-corrected chi connectivity index (χ0v) is 13.4. The summed E-state index contributed by atoms with van der Waals surface area (Å²) in [5.41, 5.74) is 4.08. The van der Waals surface area contributed by atoms with Gasteiger partial charge in [-0.25, -0.2) is 13.1 Å². The zero-order chi connectivity index (χ0) is 15.8. The van der Waals surface area contributed by atoms with Crippen LogP contribution < -0.4 is 10.5 Å². The molecular weight excluding hydrogens is 329 g/mol. The molecule has 1 aromatic rings. The van der Waals surface area contributed by atoms with Crippen LogP contribution in [-0.4, -0.2) is 20.5 Å². The smallest absolute Gasteiger partial charge is 0.324 e. The molecule has 0 radical (unpaired) electrons. The Balaban J connectivity index is 0.00000400. The molecule has 0 aliphatic carbocycles. The average Bonchev–Trinajstić information content (AvgIpc) is 2.24.